The standard InChI is InChI=1S/C30H41N3O4/c1-21-9-3-5-12-27(21)37-28-13-6-4-11-26(28)30(36,16-8-17-32-22(2)34)24-10-7-18-33(20-24)29(35)23-14-15-25(31)19-23/h3-6,9,11-13,23-25,36H,7-8,10,14-20,31H2,1-2H3,(H,32,34)/t23-,24-,25+,30?/m1/s1. The largest absolute Gasteiger partial charge is 0.457 e. The normalized spacial score (nSPS) is 23.4. The molecule has 1 saturated heterocycles. The molecule has 2 fully saturated rings. The first-order valence-electron chi connectivity index (χ1n) is 13.6. The number of nitrogens with two attached hydrogens (primary N) is 1. The molecular formula is C30H41N3O4. The zero-order valence-electron chi connectivity index (χ0n) is 22.1. The van der Waals surface area contributed by atoms with Crippen LogP contribution in [0.1, 0.15) is 63.0 Å². The van der Waals surface area contributed by atoms with Crippen molar-refractivity contribution in [3.8, 4) is 11.5 Å². The number of aryl methyl sites for hydroxylation is 1. The van der Waals surface area contributed by atoms with Crippen LogP contribution in [0, 0.1) is 18.8 Å². The number of likely N-dealkylation sites (tertiary alicyclic amines) is 1. The lowest BCUT2D eigenvalue weighted by molar-refractivity contribution is -0.141. The number of hydrogen-bond acceptors (Lipinski definition) is 5. The molecule has 4 N–H and O–H groups in total. The van der Waals surface area contributed by atoms with E-state index in [0.717, 1.165) is 49.0 Å². The van der Waals surface area contributed by atoms with Gasteiger partial charge in [-0.15, -0.1) is 0 Å². The van der Waals surface area contributed by atoms with Crippen LogP contribution in [0.2, 0.25) is 0 Å². The Morgan fingerprint density at radius 3 is 2.54 bits per heavy atom. The molecule has 2 amide bonds. The van der Waals surface area contributed by atoms with Gasteiger partial charge in [-0.25, -0.2) is 0 Å². The van der Waals surface area contributed by atoms with Crippen LogP contribution in [-0.4, -0.2) is 47.5 Å². The second-order valence-corrected chi connectivity index (χ2v) is 10.8. The number of rotatable bonds is 9. The van der Waals surface area contributed by atoms with Crippen LogP contribution in [-0.2, 0) is 15.2 Å². The minimum absolute atomic E-state index is 0.0155. The van der Waals surface area contributed by atoms with Gasteiger partial charge in [0.25, 0.3) is 0 Å². The Balaban J connectivity index is 1.61. The number of aliphatic hydroxyl groups is 1. The summed E-state index contributed by atoms with van der Waals surface area (Å²) in [5.41, 5.74) is 6.61. The molecule has 0 aromatic heterocycles. The zero-order chi connectivity index (χ0) is 26.4. The molecule has 4 rings (SSSR count). The first-order chi connectivity index (χ1) is 17.8. The molecule has 4 atom stereocenters. The molecule has 2 aromatic rings. The van der Waals surface area contributed by atoms with Crippen molar-refractivity contribution in [1.29, 1.82) is 0 Å². The summed E-state index contributed by atoms with van der Waals surface area (Å²) in [7, 11) is 0. The summed E-state index contributed by atoms with van der Waals surface area (Å²) in [6.07, 6.45) is 5.18. The molecular weight excluding hydrogens is 466 g/mol. The van der Waals surface area contributed by atoms with E-state index < -0.39 is 5.60 Å². The second kappa shape index (κ2) is 12.1. The number of benzene rings is 2. The van der Waals surface area contributed by atoms with Crippen LogP contribution in [0.15, 0.2) is 48.5 Å². The molecule has 1 aliphatic heterocycles. The predicted octanol–water partition coefficient (Wildman–Crippen LogP) is 4.26. The Morgan fingerprint density at radius 2 is 1.84 bits per heavy atom. The fraction of sp³-hybridized carbons (Fsp3) is 0.533. The molecule has 1 saturated carbocycles. The van der Waals surface area contributed by atoms with Gasteiger partial charge in [-0.05, 0) is 69.6 Å². The van der Waals surface area contributed by atoms with Crippen molar-refractivity contribution in [2.24, 2.45) is 17.6 Å². The Kier molecular flexibility index (Phi) is 8.87. The highest BCUT2D eigenvalue weighted by Crippen LogP contribution is 2.44. The number of nitrogens with one attached hydrogen (secondary N) is 1. The van der Waals surface area contributed by atoms with Gasteiger partial charge >= 0.3 is 0 Å². The monoisotopic (exact) mass is 507 g/mol. The number of hydrogen-bond donors (Lipinski definition) is 3. The molecule has 2 aromatic carbocycles. The number of amides is 2. The third-order valence-electron chi connectivity index (χ3n) is 8.01. The molecule has 1 unspecified atom stereocenters. The van der Waals surface area contributed by atoms with Gasteiger partial charge in [-0.3, -0.25) is 9.59 Å². The third-order valence-corrected chi connectivity index (χ3v) is 8.01. The molecule has 1 heterocycles. The fourth-order valence-electron chi connectivity index (χ4n) is 5.95. The number of piperidine rings is 1. The Morgan fingerprint density at radius 1 is 1.11 bits per heavy atom. The van der Waals surface area contributed by atoms with Crippen LogP contribution >= 0.6 is 0 Å². The molecule has 0 radical (unpaired) electrons. The van der Waals surface area contributed by atoms with Crippen molar-refractivity contribution in [3.63, 3.8) is 0 Å². The summed E-state index contributed by atoms with van der Waals surface area (Å²) in [6, 6.07) is 15.6. The average molecular weight is 508 g/mol. The van der Waals surface area contributed by atoms with Crippen molar-refractivity contribution < 1.29 is 19.4 Å². The van der Waals surface area contributed by atoms with E-state index in [0.29, 0.717) is 38.2 Å². The maximum atomic E-state index is 13.4. The van der Waals surface area contributed by atoms with E-state index in [-0.39, 0.29) is 29.7 Å². The van der Waals surface area contributed by atoms with Gasteiger partial charge < -0.3 is 25.8 Å². The van der Waals surface area contributed by atoms with Crippen molar-refractivity contribution in [2.45, 2.75) is 70.4 Å². The molecule has 200 valence electrons. The Hall–Kier alpha value is -2.90. The van der Waals surface area contributed by atoms with Crippen LogP contribution in [0.5, 0.6) is 11.5 Å². The SMILES string of the molecule is CC(=O)NCCCC(O)(c1ccccc1Oc1ccccc1C)[C@@H]1CCCN(C(=O)[C@@H]2CC[C@H](N)C2)C1. The minimum Gasteiger partial charge on any atom is -0.457 e. The van der Waals surface area contributed by atoms with E-state index in [1.165, 1.54) is 6.92 Å². The van der Waals surface area contributed by atoms with Crippen molar-refractivity contribution >= 4 is 11.8 Å². The van der Waals surface area contributed by atoms with Gasteiger partial charge in [0.2, 0.25) is 11.8 Å². The molecule has 0 spiro atoms. The highest BCUT2D eigenvalue weighted by atomic mass is 16.5. The molecule has 37 heavy (non-hydrogen) atoms. The third kappa shape index (κ3) is 6.51. The number of carbonyl (C=O) groups is 2. The van der Waals surface area contributed by atoms with E-state index in [9.17, 15) is 14.7 Å². The van der Waals surface area contributed by atoms with E-state index >= 15 is 0 Å². The lowest BCUT2D eigenvalue weighted by Crippen LogP contribution is -2.49. The highest BCUT2D eigenvalue weighted by molar-refractivity contribution is 5.79. The summed E-state index contributed by atoms with van der Waals surface area (Å²) in [5, 5.41) is 15.3. The molecule has 7 heteroatoms. The highest BCUT2D eigenvalue weighted by Gasteiger charge is 2.44. The van der Waals surface area contributed by atoms with E-state index in [4.69, 9.17) is 10.5 Å². The first-order valence-corrected chi connectivity index (χ1v) is 13.6. The van der Waals surface area contributed by atoms with E-state index in [1.54, 1.807) is 0 Å². The van der Waals surface area contributed by atoms with Gasteiger partial charge in [0.15, 0.2) is 0 Å². The average Bonchev–Trinajstić information content (AvgIpc) is 3.34. The summed E-state index contributed by atoms with van der Waals surface area (Å²) in [5.74, 6) is 1.27. The molecule has 7 nitrogen and oxygen atoms in total. The van der Waals surface area contributed by atoms with Crippen molar-refractivity contribution in [2.75, 3.05) is 19.6 Å². The Bertz CT molecular complexity index is 1090. The number of ether oxygens (including phenoxy) is 1. The van der Waals surface area contributed by atoms with Gasteiger partial charge in [-0.2, -0.15) is 0 Å². The number of carbonyl (C=O) groups excluding carboxylic acids is 2. The van der Waals surface area contributed by atoms with Crippen molar-refractivity contribution in [1.82, 2.24) is 10.2 Å². The summed E-state index contributed by atoms with van der Waals surface area (Å²) >= 11 is 0. The minimum atomic E-state index is -1.22. The van der Waals surface area contributed by atoms with Crippen LogP contribution in [0.3, 0.4) is 0 Å². The second-order valence-electron chi connectivity index (χ2n) is 10.8. The molecule has 2 aliphatic rings. The first kappa shape index (κ1) is 27.1. The lowest BCUT2D eigenvalue weighted by atomic mass is 9.73. The topological polar surface area (TPSA) is 105 Å². The summed E-state index contributed by atoms with van der Waals surface area (Å²) < 4.78 is 6.37. The zero-order valence-corrected chi connectivity index (χ0v) is 22.1. The van der Waals surface area contributed by atoms with Gasteiger partial charge in [0.05, 0.1) is 5.60 Å². The molecule has 0 bridgehead atoms. The predicted molar refractivity (Wildman–Crippen MR) is 144 cm³/mol. The maximum Gasteiger partial charge on any atom is 0.225 e. The van der Waals surface area contributed by atoms with E-state index in [1.807, 2.05) is 60.4 Å². The lowest BCUT2D eigenvalue weighted by Gasteiger charge is -2.44. The molecule has 1 aliphatic carbocycles. The maximum absolute atomic E-state index is 13.4. The summed E-state index contributed by atoms with van der Waals surface area (Å²) in [4.78, 5) is 26.7. The Labute approximate surface area is 220 Å². The van der Waals surface area contributed by atoms with Crippen LogP contribution < -0.4 is 15.8 Å². The van der Waals surface area contributed by atoms with Gasteiger partial charge in [-0.1, -0.05) is 36.4 Å². The van der Waals surface area contributed by atoms with Crippen LogP contribution in [0.4, 0.5) is 0 Å². The van der Waals surface area contributed by atoms with Crippen LogP contribution in [0.25, 0.3) is 0 Å². The van der Waals surface area contributed by atoms with E-state index in [2.05, 4.69) is 5.32 Å². The quantitative estimate of drug-likeness (QED) is 0.440. The summed E-state index contributed by atoms with van der Waals surface area (Å²) in [6.45, 7) is 5.19. The fourth-order valence-corrected chi connectivity index (χ4v) is 5.95. The number of nitrogens with zero attached hydrogens (tertiary/aromatic N) is 1. The van der Waals surface area contributed by atoms with Gasteiger partial charge in [0.1, 0.15) is 11.5 Å². The van der Waals surface area contributed by atoms with Gasteiger partial charge in [0, 0.05) is 50.0 Å². The number of para-hydroxylation sites is 2. The van der Waals surface area contributed by atoms with Crippen molar-refractivity contribution in [3.05, 3.63) is 59.7 Å². The smallest absolute Gasteiger partial charge is 0.225 e.